The molecule has 0 spiro atoms. The zero-order chi connectivity index (χ0) is 26.4. The highest BCUT2D eigenvalue weighted by molar-refractivity contribution is 7.57. The second kappa shape index (κ2) is 12.2. The van der Waals surface area contributed by atoms with Gasteiger partial charge in [0.05, 0.1) is 27.7 Å². The minimum Gasteiger partial charge on any atom is -0.799 e. The van der Waals surface area contributed by atoms with E-state index in [2.05, 4.69) is 26.5 Å². The fourth-order valence-corrected chi connectivity index (χ4v) is 5.51. The summed E-state index contributed by atoms with van der Waals surface area (Å²) >= 11 is 7.32. The van der Waals surface area contributed by atoms with Crippen molar-refractivity contribution < 1.29 is 32.6 Å². The van der Waals surface area contributed by atoms with E-state index >= 15 is 0 Å². The average molecular weight is 545 g/mol. The molecule has 11 heteroatoms. The topological polar surface area (TPSA) is 89.5 Å². The molecule has 0 aliphatic heterocycles. The molecule has 1 heterocycles. The molecule has 0 radical (unpaired) electrons. The Bertz CT molecular complexity index is 1250. The maximum atomic E-state index is 13.2. The van der Waals surface area contributed by atoms with Gasteiger partial charge in [0.1, 0.15) is 12.2 Å². The third kappa shape index (κ3) is 8.79. The number of likely N-dealkylation sites (N-methyl/N-ethyl adjacent to an activating group) is 1. The van der Waals surface area contributed by atoms with E-state index in [1.807, 2.05) is 0 Å². The van der Waals surface area contributed by atoms with Gasteiger partial charge in [0.15, 0.2) is 11.6 Å². The van der Waals surface area contributed by atoms with Crippen LogP contribution in [0.3, 0.4) is 0 Å². The maximum Gasteiger partial charge on any atom is 0.237 e. The Morgan fingerprint density at radius 1 is 1.23 bits per heavy atom. The van der Waals surface area contributed by atoms with Crippen LogP contribution >= 0.6 is 30.3 Å². The number of carbonyl (C=O) groups excluding carboxylic acids is 1. The Morgan fingerprint density at radius 2 is 1.91 bits per heavy atom. The largest absolute Gasteiger partial charge is 0.799 e. The van der Waals surface area contributed by atoms with E-state index in [0.29, 0.717) is 21.5 Å². The number of amides is 1. The van der Waals surface area contributed by atoms with Gasteiger partial charge in [-0.15, -0.1) is 11.3 Å². The number of rotatable bonds is 7. The summed E-state index contributed by atoms with van der Waals surface area (Å²) in [7, 11) is 2.05. The lowest BCUT2D eigenvalue weighted by molar-refractivity contribution is -0.870. The molecule has 6 nitrogen and oxygen atoms in total. The molecule has 2 aromatic carbocycles. The number of nitrogens with zero attached hydrogens (tertiary/aromatic N) is 1. The van der Waals surface area contributed by atoms with Gasteiger partial charge in [0.25, 0.3) is 0 Å². The van der Waals surface area contributed by atoms with Crippen LogP contribution in [0.4, 0.5) is 8.78 Å². The summed E-state index contributed by atoms with van der Waals surface area (Å²) < 4.78 is 40.2. The predicted molar refractivity (Wildman–Crippen MR) is 137 cm³/mol. The second-order valence-corrected chi connectivity index (χ2v) is 12.6. The van der Waals surface area contributed by atoms with E-state index in [-0.39, 0.29) is 6.61 Å². The smallest absolute Gasteiger partial charge is 0.237 e. The van der Waals surface area contributed by atoms with Crippen LogP contribution in [0.15, 0.2) is 48.0 Å². The highest BCUT2D eigenvalue weighted by atomic mass is 35.5. The van der Waals surface area contributed by atoms with Crippen LogP contribution < -0.4 is 10.2 Å². The van der Waals surface area contributed by atoms with E-state index in [1.54, 1.807) is 23.6 Å². The molecule has 3 rings (SSSR count). The van der Waals surface area contributed by atoms with Crippen LogP contribution in [0.2, 0.25) is 5.02 Å². The van der Waals surface area contributed by atoms with Crippen LogP contribution in [0.25, 0.3) is 16.2 Å². The summed E-state index contributed by atoms with van der Waals surface area (Å²) in [6, 6.07) is 8.31. The highest BCUT2D eigenvalue weighted by Crippen LogP contribution is 2.51. The molecule has 1 amide bonds. The van der Waals surface area contributed by atoms with Crippen LogP contribution in [0, 0.1) is 11.6 Å². The molecule has 3 aromatic rings. The van der Waals surface area contributed by atoms with Crippen LogP contribution in [-0.2, 0) is 9.36 Å². The molecule has 1 aromatic heterocycles. The Labute approximate surface area is 212 Å². The van der Waals surface area contributed by atoms with Crippen LogP contribution in [-0.4, -0.2) is 56.5 Å². The van der Waals surface area contributed by atoms with Gasteiger partial charge < -0.3 is 24.4 Å². The van der Waals surface area contributed by atoms with Crippen molar-refractivity contribution in [1.82, 2.24) is 5.32 Å². The first-order chi connectivity index (χ1) is 16.2. The van der Waals surface area contributed by atoms with E-state index in [0.717, 1.165) is 34.5 Å². The molecule has 2 N–H and O–H groups in total. The first-order valence-electron chi connectivity index (χ1n) is 10.5. The lowest BCUT2D eigenvalue weighted by Gasteiger charge is -2.27. The molecule has 0 saturated carbocycles. The molecular weight excluding hydrogens is 517 g/mol. The lowest BCUT2D eigenvalue weighted by Crippen LogP contribution is -2.36. The molecule has 0 aliphatic rings. The van der Waals surface area contributed by atoms with E-state index < -0.39 is 30.6 Å². The molecule has 35 heavy (non-hydrogen) atoms. The summed E-state index contributed by atoms with van der Waals surface area (Å²) in [5.74, 6) is -2.76. The van der Waals surface area contributed by atoms with Crippen LogP contribution in [0.5, 0.6) is 0 Å². The monoisotopic (exact) mass is 544 g/mol. The quantitative estimate of drug-likeness (QED) is 0.336. The van der Waals surface area contributed by atoms with Gasteiger partial charge >= 0.3 is 0 Å². The SMILES string of the molecule is CP(=O)([O-])C(C(=O)N/C=C/c1ccc(F)c(F)c1)c1csc2ccc(Cl)cc12.C[N+](C)(C)CCO. The fourth-order valence-electron chi connectivity index (χ4n) is 3.05. The first-order valence-corrected chi connectivity index (χ1v) is 13.9. The first kappa shape index (κ1) is 29.1. The minimum absolute atomic E-state index is 0.281. The molecule has 2 unspecified atom stereocenters. The molecule has 2 atom stereocenters. The molecular formula is C24H28ClF2N2O4PS. The van der Waals surface area contributed by atoms with Gasteiger partial charge in [0, 0.05) is 23.3 Å². The molecule has 0 saturated heterocycles. The maximum absolute atomic E-state index is 13.2. The summed E-state index contributed by atoms with van der Waals surface area (Å²) in [6.07, 6.45) is 2.53. The van der Waals surface area contributed by atoms with Crippen molar-refractivity contribution >= 4 is 52.4 Å². The summed E-state index contributed by atoms with van der Waals surface area (Å²) in [5.41, 5.74) is -0.748. The average Bonchev–Trinajstić information content (AvgIpc) is 3.12. The normalized spacial score (nSPS) is 14.3. The van der Waals surface area contributed by atoms with Crippen molar-refractivity contribution in [1.29, 1.82) is 0 Å². The number of fused-ring (bicyclic) bond motifs is 1. The molecule has 0 aliphatic carbocycles. The minimum atomic E-state index is -4.11. The van der Waals surface area contributed by atoms with Gasteiger partial charge in [-0.3, -0.25) is 4.79 Å². The summed E-state index contributed by atoms with van der Waals surface area (Å²) in [4.78, 5) is 25.0. The van der Waals surface area contributed by atoms with Crippen molar-refractivity contribution in [2.24, 2.45) is 0 Å². The standard InChI is InChI=1S/C19H15ClF2NO3PS.C5H14NO/c1-27(25,26)18(14-10-28-17-5-3-12(20)9-13(14)17)19(24)23-7-6-11-2-4-15(21)16(22)8-11;1-6(2,3)4-5-7/h2-10,18H,1H3,(H,23,24)(H,25,26);7H,4-5H2,1-3H3/q;+1/p-1/b7-6+;. The Morgan fingerprint density at radius 3 is 2.46 bits per heavy atom. The Kier molecular flexibility index (Phi) is 10.2. The number of hydrogen-bond donors (Lipinski definition) is 2. The Balaban J connectivity index is 0.000000540. The van der Waals surface area contributed by atoms with Gasteiger partial charge in [-0.1, -0.05) is 17.7 Å². The van der Waals surface area contributed by atoms with Crippen molar-refractivity contribution in [2.45, 2.75) is 5.66 Å². The molecule has 190 valence electrons. The number of benzene rings is 2. The molecule has 0 bridgehead atoms. The number of carbonyl (C=O) groups is 1. The summed E-state index contributed by atoms with van der Waals surface area (Å²) in [6.45, 7) is 2.12. The third-order valence-corrected chi connectivity index (χ3v) is 7.46. The van der Waals surface area contributed by atoms with Crippen molar-refractivity contribution in [3.05, 3.63) is 75.8 Å². The zero-order valence-corrected chi connectivity index (χ0v) is 22.3. The van der Waals surface area contributed by atoms with Gasteiger partial charge in [0.2, 0.25) is 5.91 Å². The predicted octanol–water partition coefficient (Wildman–Crippen LogP) is 4.61. The number of aliphatic hydroxyl groups is 1. The van der Waals surface area contributed by atoms with Crippen molar-refractivity contribution in [3.63, 3.8) is 0 Å². The van der Waals surface area contributed by atoms with E-state index in [4.69, 9.17) is 16.7 Å². The van der Waals surface area contributed by atoms with Crippen molar-refractivity contribution in [2.75, 3.05) is 41.0 Å². The van der Waals surface area contributed by atoms with Gasteiger partial charge in [-0.2, -0.15) is 0 Å². The van der Waals surface area contributed by atoms with Gasteiger partial charge in [-0.05, 0) is 65.0 Å². The fraction of sp³-hybridized carbons (Fsp3) is 0.292. The number of thiophene rings is 1. The number of hydrogen-bond acceptors (Lipinski definition) is 5. The zero-order valence-electron chi connectivity index (χ0n) is 19.8. The molecule has 0 fully saturated rings. The number of aliphatic hydroxyl groups excluding tert-OH is 1. The number of nitrogens with one attached hydrogen (secondary N) is 1. The van der Waals surface area contributed by atoms with Gasteiger partial charge in [-0.25, -0.2) is 8.78 Å². The van der Waals surface area contributed by atoms with Crippen molar-refractivity contribution in [3.8, 4) is 0 Å². The number of quaternary nitrogens is 1. The Hall–Kier alpha value is -2.13. The third-order valence-electron chi connectivity index (χ3n) is 4.79. The van der Waals surface area contributed by atoms with E-state index in [9.17, 15) is 23.0 Å². The highest BCUT2D eigenvalue weighted by Gasteiger charge is 2.30. The number of halogens is 3. The summed E-state index contributed by atoms with van der Waals surface area (Å²) in [5, 5.41) is 13.4. The van der Waals surface area contributed by atoms with Crippen LogP contribution in [0.1, 0.15) is 16.8 Å². The lowest BCUT2D eigenvalue weighted by atomic mass is 10.1. The van der Waals surface area contributed by atoms with E-state index in [1.165, 1.54) is 29.7 Å². The second-order valence-electron chi connectivity index (χ2n) is 8.90.